The number of benzene rings is 2. The normalized spacial score (nSPS) is 24.1. The number of anilines is 2. The van der Waals surface area contributed by atoms with Crippen LogP contribution in [0.1, 0.15) is 53.4 Å². The van der Waals surface area contributed by atoms with E-state index in [1.807, 2.05) is 19.1 Å². The zero-order chi connectivity index (χ0) is 23.5. The van der Waals surface area contributed by atoms with Gasteiger partial charge in [-0.1, -0.05) is 49.4 Å². The number of nitrogens with zero attached hydrogens (tertiary/aromatic N) is 1. The summed E-state index contributed by atoms with van der Waals surface area (Å²) in [5.74, 6) is -0.201. The van der Waals surface area contributed by atoms with Crippen LogP contribution in [-0.4, -0.2) is 23.8 Å². The molecule has 1 saturated carbocycles. The predicted octanol–water partition coefficient (Wildman–Crippen LogP) is 6.96. The van der Waals surface area contributed by atoms with E-state index in [0.29, 0.717) is 0 Å². The van der Waals surface area contributed by atoms with Gasteiger partial charge in [0.2, 0.25) is 0 Å². The summed E-state index contributed by atoms with van der Waals surface area (Å²) < 4.78 is 12.0. The van der Waals surface area contributed by atoms with Crippen molar-refractivity contribution in [3.63, 3.8) is 0 Å². The van der Waals surface area contributed by atoms with E-state index < -0.39 is 5.60 Å². The van der Waals surface area contributed by atoms with Gasteiger partial charge in [0.15, 0.2) is 0 Å². The molecule has 1 fully saturated rings. The van der Waals surface area contributed by atoms with Gasteiger partial charge < -0.3 is 14.4 Å². The third-order valence-corrected chi connectivity index (χ3v) is 7.24. The Morgan fingerprint density at radius 3 is 2.03 bits per heavy atom. The second kappa shape index (κ2) is 9.56. The molecule has 2 aromatic rings. The molecule has 2 atom stereocenters. The monoisotopic (exact) mass is 445 g/mol. The van der Waals surface area contributed by atoms with E-state index in [1.54, 1.807) is 0 Å². The third-order valence-electron chi connectivity index (χ3n) is 7.24. The Morgan fingerprint density at radius 1 is 0.970 bits per heavy atom. The van der Waals surface area contributed by atoms with Crippen molar-refractivity contribution in [2.45, 2.75) is 64.6 Å². The zero-order valence-corrected chi connectivity index (χ0v) is 20.2. The van der Waals surface area contributed by atoms with Gasteiger partial charge in [0.05, 0.1) is 5.60 Å². The molecular formula is C29H35NO3. The van der Waals surface area contributed by atoms with Crippen LogP contribution < -0.4 is 4.90 Å². The van der Waals surface area contributed by atoms with Gasteiger partial charge in [-0.2, -0.15) is 0 Å². The summed E-state index contributed by atoms with van der Waals surface area (Å²) in [5, 5.41) is 0. The topological polar surface area (TPSA) is 38.8 Å². The van der Waals surface area contributed by atoms with Gasteiger partial charge in [-0.15, -0.1) is 0 Å². The Hall–Kier alpha value is -2.85. The number of allylic oxidation sites excluding steroid dienone is 1. The lowest BCUT2D eigenvalue weighted by atomic mass is 9.79. The summed E-state index contributed by atoms with van der Waals surface area (Å²) in [5.41, 5.74) is 3.48. The van der Waals surface area contributed by atoms with Crippen molar-refractivity contribution in [1.29, 1.82) is 0 Å². The van der Waals surface area contributed by atoms with Gasteiger partial charge in [0.25, 0.3) is 0 Å². The molecule has 0 amide bonds. The summed E-state index contributed by atoms with van der Waals surface area (Å²) in [6.07, 6.45) is 8.51. The standard InChI is InChI=1S/C29H35NO3/c1-22-19-26(30(24-13-7-5-8-14-24)25-15-9-6-10-16-25)20-23(2)29(22,4)32-21-27(31)33-28(3)17-11-12-18-28/h5-10,13-16,19-20,22H,11-12,17-18,21H2,1-4H3. The molecule has 2 unspecified atom stereocenters. The maximum Gasteiger partial charge on any atom is 0.332 e. The highest BCUT2D eigenvalue weighted by atomic mass is 16.6. The van der Waals surface area contributed by atoms with Crippen molar-refractivity contribution in [1.82, 2.24) is 0 Å². The van der Waals surface area contributed by atoms with Crippen LogP contribution in [-0.2, 0) is 14.3 Å². The van der Waals surface area contributed by atoms with Crippen LogP contribution in [0.5, 0.6) is 0 Å². The molecule has 4 heteroatoms. The molecule has 4 nitrogen and oxygen atoms in total. The number of hydrogen-bond acceptors (Lipinski definition) is 4. The first-order chi connectivity index (χ1) is 15.8. The minimum Gasteiger partial charge on any atom is -0.458 e. The van der Waals surface area contributed by atoms with Crippen molar-refractivity contribution in [2.24, 2.45) is 5.92 Å². The molecule has 0 aromatic heterocycles. The molecule has 4 rings (SSSR count). The number of hydrogen-bond donors (Lipinski definition) is 0. The van der Waals surface area contributed by atoms with Crippen LogP contribution in [0.4, 0.5) is 11.4 Å². The fourth-order valence-electron chi connectivity index (χ4n) is 4.91. The molecule has 0 N–H and O–H groups in total. The van der Waals surface area contributed by atoms with Gasteiger partial charge in [-0.05, 0) is 82.4 Å². The molecule has 0 heterocycles. The lowest BCUT2D eigenvalue weighted by molar-refractivity contribution is -0.168. The Labute approximate surface area is 197 Å². The lowest BCUT2D eigenvalue weighted by Gasteiger charge is -2.40. The van der Waals surface area contributed by atoms with E-state index in [-0.39, 0.29) is 24.1 Å². The van der Waals surface area contributed by atoms with Crippen molar-refractivity contribution in [2.75, 3.05) is 11.5 Å². The number of rotatable bonds is 7. The van der Waals surface area contributed by atoms with Crippen LogP contribution in [0.25, 0.3) is 0 Å². The predicted molar refractivity (Wildman–Crippen MR) is 133 cm³/mol. The smallest absolute Gasteiger partial charge is 0.332 e. The molecule has 2 aromatic carbocycles. The summed E-state index contributed by atoms with van der Waals surface area (Å²) in [4.78, 5) is 14.8. The first-order valence-corrected chi connectivity index (χ1v) is 12.0. The highest BCUT2D eigenvalue weighted by molar-refractivity contribution is 5.72. The molecule has 2 aliphatic carbocycles. The largest absolute Gasteiger partial charge is 0.458 e. The quantitative estimate of drug-likeness (QED) is 0.432. The van der Waals surface area contributed by atoms with Gasteiger partial charge in [0, 0.05) is 23.0 Å². The maximum absolute atomic E-state index is 12.6. The van der Waals surface area contributed by atoms with Crippen molar-refractivity contribution >= 4 is 17.3 Å². The molecule has 0 spiro atoms. The summed E-state index contributed by atoms with van der Waals surface area (Å²) in [6, 6.07) is 20.7. The maximum atomic E-state index is 12.6. The highest BCUT2D eigenvalue weighted by Crippen LogP contribution is 2.40. The minimum absolute atomic E-state index is 0.0358. The fourth-order valence-corrected chi connectivity index (χ4v) is 4.91. The van der Waals surface area contributed by atoms with E-state index in [2.05, 4.69) is 86.4 Å². The van der Waals surface area contributed by atoms with Crippen molar-refractivity contribution in [3.05, 3.63) is 84.1 Å². The van der Waals surface area contributed by atoms with Crippen LogP contribution in [0, 0.1) is 5.92 Å². The second-order valence-corrected chi connectivity index (χ2v) is 9.74. The number of carbonyl (C=O) groups excluding carboxylic acids is 1. The summed E-state index contributed by atoms with van der Waals surface area (Å²) in [7, 11) is 0. The van der Waals surface area contributed by atoms with Crippen LogP contribution in [0.15, 0.2) is 84.1 Å². The third kappa shape index (κ3) is 5.06. The first kappa shape index (κ1) is 23.3. The highest BCUT2D eigenvalue weighted by Gasteiger charge is 2.39. The molecule has 0 radical (unpaired) electrons. The van der Waals surface area contributed by atoms with Gasteiger partial charge in [-0.3, -0.25) is 0 Å². The van der Waals surface area contributed by atoms with Gasteiger partial charge in [0.1, 0.15) is 12.2 Å². The number of para-hydroxylation sites is 2. The first-order valence-electron chi connectivity index (χ1n) is 12.0. The Morgan fingerprint density at radius 2 is 1.52 bits per heavy atom. The van der Waals surface area contributed by atoms with Gasteiger partial charge >= 0.3 is 5.97 Å². The van der Waals surface area contributed by atoms with E-state index in [9.17, 15) is 4.79 Å². The SMILES string of the molecule is CC1=CC(N(c2ccccc2)c2ccccc2)=CC(C)C1(C)OCC(=O)OC1(C)CCCC1. The molecule has 0 bridgehead atoms. The Kier molecular flexibility index (Phi) is 6.76. The van der Waals surface area contributed by atoms with E-state index in [0.717, 1.165) is 48.3 Å². The molecule has 0 aliphatic heterocycles. The van der Waals surface area contributed by atoms with Crippen molar-refractivity contribution < 1.29 is 14.3 Å². The molecule has 174 valence electrons. The number of esters is 1. The Balaban J connectivity index is 1.53. The zero-order valence-electron chi connectivity index (χ0n) is 20.2. The molecular weight excluding hydrogens is 410 g/mol. The van der Waals surface area contributed by atoms with Crippen LogP contribution in [0.2, 0.25) is 0 Å². The summed E-state index contributed by atoms with van der Waals surface area (Å²) in [6.45, 7) is 8.29. The fraction of sp³-hybridized carbons (Fsp3) is 0.414. The molecule has 2 aliphatic rings. The lowest BCUT2D eigenvalue weighted by Crippen LogP contribution is -2.42. The average Bonchev–Trinajstić information content (AvgIpc) is 3.23. The van der Waals surface area contributed by atoms with Crippen LogP contribution >= 0.6 is 0 Å². The number of carbonyl (C=O) groups is 1. The molecule has 33 heavy (non-hydrogen) atoms. The van der Waals surface area contributed by atoms with E-state index >= 15 is 0 Å². The van der Waals surface area contributed by atoms with Crippen molar-refractivity contribution in [3.8, 4) is 0 Å². The minimum atomic E-state index is -0.571. The van der Waals surface area contributed by atoms with Gasteiger partial charge in [-0.25, -0.2) is 4.79 Å². The average molecular weight is 446 g/mol. The Bertz CT molecular complexity index is 982. The van der Waals surface area contributed by atoms with Crippen LogP contribution in [0.3, 0.4) is 0 Å². The molecule has 0 saturated heterocycles. The second-order valence-electron chi connectivity index (χ2n) is 9.74. The van der Waals surface area contributed by atoms with E-state index in [4.69, 9.17) is 9.47 Å². The van der Waals surface area contributed by atoms with E-state index in [1.165, 1.54) is 0 Å². The number of ether oxygens (including phenoxy) is 2. The summed E-state index contributed by atoms with van der Waals surface area (Å²) >= 11 is 0.